The third kappa shape index (κ3) is 5.96. The average Bonchev–Trinajstić information content (AvgIpc) is 2.51. The second-order valence-electron chi connectivity index (χ2n) is 6.04. The predicted octanol–water partition coefficient (Wildman–Crippen LogP) is 0.303. The smallest absolute Gasteiger partial charge is 0.354 e. The van der Waals surface area contributed by atoms with Crippen molar-refractivity contribution in [2.75, 3.05) is 32.7 Å². The van der Waals surface area contributed by atoms with Gasteiger partial charge in [0.05, 0.1) is 6.42 Å². The summed E-state index contributed by atoms with van der Waals surface area (Å²) in [6, 6.07) is -1.74. The van der Waals surface area contributed by atoms with Crippen LogP contribution in [0, 0.1) is 13.8 Å². The zero-order valence-electron chi connectivity index (χ0n) is 14.6. The zero-order chi connectivity index (χ0) is 18.6. The van der Waals surface area contributed by atoms with Gasteiger partial charge >= 0.3 is 6.18 Å². The number of carbonyl (C=O) groups excluding carboxylic acids is 1. The topological polar surface area (TPSA) is 90.1 Å². The lowest BCUT2D eigenvalue weighted by molar-refractivity contribution is -0.184. The number of H-pyrrole nitrogens is 1. The first-order valence-electron chi connectivity index (χ1n) is 8.03. The van der Waals surface area contributed by atoms with Crippen LogP contribution in [0.15, 0.2) is 4.79 Å². The number of rotatable bonds is 5. The highest BCUT2D eigenvalue weighted by molar-refractivity contribution is 5.85. The van der Waals surface area contributed by atoms with Crippen LogP contribution in [0.3, 0.4) is 0 Å². The van der Waals surface area contributed by atoms with Crippen LogP contribution in [0.25, 0.3) is 0 Å². The van der Waals surface area contributed by atoms with E-state index in [1.165, 1.54) is 4.90 Å². The summed E-state index contributed by atoms with van der Waals surface area (Å²) >= 11 is 0. The van der Waals surface area contributed by atoms with E-state index in [2.05, 4.69) is 20.6 Å². The fourth-order valence-electron chi connectivity index (χ4n) is 2.84. The van der Waals surface area contributed by atoms with E-state index in [1.807, 2.05) is 0 Å². The van der Waals surface area contributed by atoms with Crippen LogP contribution < -0.4 is 16.2 Å². The number of piperazine rings is 1. The first-order chi connectivity index (χ1) is 11.7. The van der Waals surface area contributed by atoms with Crippen molar-refractivity contribution in [3.8, 4) is 0 Å². The SMILES string of the molecule is Cc1nc(C)c(CC(=O)NCC(N2CCNCC2)C(F)(F)F)c(=O)[nH]1.Cl. The summed E-state index contributed by atoms with van der Waals surface area (Å²) in [6.07, 6.45) is -4.75. The number of amides is 1. The highest BCUT2D eigenvalue weighted by Crippen LogP contribution is 2.24. The van der Waals surface area contributed by atoms with E-state index < -0.39 is 30.2 Å². The number of alkyl halides is 3. The summed E-state index contributed by atoms with van der Waals surface area (Å²) in [5.41, 5.74) is 0.106. The molecular formula is C15H23ClF3N5O2. The number of aromatic amines is 1. The highest BCUT2D eigenvalue weighted by Gasteiger charge is 2.43. The van der Waals surface area contributed by atoms with Crippen molar-refractivity contribution in [2.45, 2.75) is 32.5 Å². The van der Waals surface area contributed by atoms with Crippen molar-refractivity contribution in [3.05, 3.63) is 27.4 Å². The molecule has 7 nitrogen and oxygen atoms in total. The molecule has 0 spiro atoms. The third-order valence-electron chi connectivity index (χ3n) is 4.14. The van der Waals surface area contributed by atoms with E-state index in [1.54, 1.807) is 13.8 Å². The molecule has 1 atom stereocenters. The molecule has 3 N–H and O–H groups in total. The van der Waals surface area contributed by atoms with Gasteiger partial charge in [0.1, 0.15) is 11.9 Å². The second kappa shape index (κ2) is 9.33. The van der Waals surface area contributed by atoms with Gasteiger partial charge in [-0.05, 0) is 13.8 Å². The van der Waals surface area contributed by atoms with Gasteiger partial charge in [-0.15, -0.1) is 12.4 Å². The number of nitrogens with one attached hydrogen (secondary N) is 3. The molecule has 1 aromatic heterocycles. The average molecular weight is 398 g/mol. The minimum Gasteiger partial charge on any atom is -0.354 e. The minimum absolute atomic E-state index is 0. The van der Waals surface area contributed by atoms with Gasteiger partial charge < -0.3 is 15.6 Å². The number of hydrogen-bond acceptors (Lipinski definition) is 5. The summed E-state index contributed by atoms with van der Waals surface area (Å²) in [5, 5.41) is 5.30. The summed E-state index contributed by atoms with van der Waals surface area (Å²) in [5.74, 6) is -0.217. The Labute approximate surface area is 155 Å². The van der Waals surface area contributed by atoms with E-state index in [0.29, 0.717) is 24.6 Å². The van der Waals surface area contributed by atoms with Crippen LogP contribution in [-0.2, 0) is 11.2 Å². The molecule has 1 saturated heterocycles. The molecule has 2 heterocycles. The largest absolute Gasteiger partial charge is 0.405 e. The lowest BCUT2D eigenvalue weighted by atomic mass is 10.1. The fourth-order valence-corrected chi connectivity index (χ4v) is 2.84. The van der Waals surface area contributed by atoms with Gasteiger partial charge in [-0.25, -0.2) is 4.98 Å². The summed E-state index contributed by atoms with van der Waals surface area (Å²) < 4.78 is 39.8. The van der Waals surface area contributed by atoms with Crippen LogP contribution in [0.5, 0.6) is 0 Å². The summed E-state index contributed by atoms with van der Waals surface area (Å²) in [4.78, 5) is 31.8. The van der Waals surface area contributed by atoms with Crippen LogP contribution in [-0.4, -0.2) is 65.7 Å². The zero-order valence-corrected chi connectivity index (χ0v) is 15.4. The highest BCUT2D eigenvalue weighted by atomic mass is 35.5. The molecule has 1 unspecified atom stereocenters. The number of carbonyl (C=O) groups is 1. The minimum atomic E-state index is -4.44. The number of nitrogens with zero attached hydrogens (tertiary/aromatic N) is 2. The molecule has 1 amide bonds. The molecular weight excluding hydrogens is 375 g/mol. The predicted molar refractivity (Wildman–Crippen MR) is 92.6 cm³/mol. The van der Waals surface area contributed by atoms with Crippen LogP contribution >= 0.6 is 12.4 Å². The molecule has 1 aliphatic rings. The van der Waals surface area contributed by atoms with Crippen molar-refractivity contribution in [1.82, 2.24) is 25.5 Å². The molecule has 0 aromatic carbocycles. The Morgan fingerprint density at radius 3 is 2.46 bits per heavy atom. The van der Waals surface area contributed by atoms with Gasteiger partial charge in [0.2, 0.25) is 5.91 Å². The number of halogens is 4. The normalized spacial score (nSPS) is 16.7. The molecule has 1 aliphatic heterocycles. The van der Waals surface area contributed by atoms with Crippen LogP contribution in [0.4, 0.5) is 13.2 Å². The standard InChI is InChI=1S/C15H22F3N5O2.ClH/c1-9-11(14(25)22-10(2)21-9)7-13(24)20-8-12(15(16,17)18)23-5-3-19-4-6-23;/h12,19H,3-8H2,1-2H3,(H,20,24)(H,21,22,25);1H. The van der Waals surface area contributed by atoms with Crippen molar-refractivity contribution in [3.63, 3.8) is 0 Å². The van der Waals surface area contributed by atoms with Gasteiger partial charge in [-0.1, -0.05) is 0 Å². The van der Waals surface area contributed by atoms with Gasteiger partial charge in [-0.2, -0.15) is 13.2 Å². The fraction of sp³-hybridized carbons (Fsp3) is 0.667. The Balaban J connectivity index is 0.00000338. The molecule has 26 heavy (non-hydrogen) atoms. The van der Waals surface area contributed by atoms with Crippen molar-refractivity contribution in [1.29, 1.82) is 0 Å². The van der Waals surface area contributed by atoms with E-state index in [9.17, 15) is 22.8 Å². The molecule has 1 fully saturated rings. The molecule has 11 heteroatoms. The first-order valence-corrected chi connectivity index (χ1v) is 8.03. The lowest BCUT2D eigenvalue weighted by Crippen LogP contribution is -2.57. The van der Waals surface area contributed by atoms with Gasteiger partial charge in [0.15, 0.2) is 0 Å². The van der Waals surface area contributed by atoms with Crippen molar-refractivity contribution < 1.29 is 18.0 Å². The Kier molecular flexibility index (Phi) is 8.04. The molecule has 148 valence electrons. The Morgan fingerprint density at radius 1 is 1.31 bits per heavy atom. The molecule has 0 radical (unpaired) electrons. The molecule has 2 rings (SSSR count). The van der Waals surface area contributed by atoms with Crippen LogP contribution in [0.2, 0.25) is 0 Å². The third-order valence-corrected chi connectivity index (χ3v) is 4.14. The van der Waals surface area contributed by atoms with E-state index in [-0.39, 0.29) is 37.5 Å². The molecule has 0 bridgehead atoms. The van der Waals surface area contributed by atoms with Gasteiger partial charge in [-0.3, -0.25) is 14.5 Å². The maximum Gasteiger partial charge on any atom is 0.405 e. The Hall–Kier alpha value is -1.65. The quantitative estimate of drug-likeness (QED) is 0.665. The van der Waals surface area contributed by atoms with Gasteiger partial charge in [0, 0.05) is 44.0 Å². The van der Waals surface area contributed by atoms with E-state index in [0.717, 1.165) is 0 Å². The maximum atomic E-state index is 13.3. The molecule has 1 aromatic rings. The van der Waals surface area contributed by atoms with E-state index >= 15 is 0 Å². The molecule has 0 aliphatic carbocycles. The number of hydrogen-bond donors (Lipinski definition) is 3. The van der Waals surface area contributed by atoms with Crippen molar-refractivity contribution >= 4 is 18.3 Å². The second-order valence-corrected chi connectivity index (χ2v) is 6.04. The number of aromatic nitrogens is 2. The first kappa shape index (κ1) is 22.4. The van der Waals surface area contributed by atoms with E-state index in [4.69, 9.17) is 0 Å². The lowest BCUT2D eigenvalue weighted by Gasteiger charge is -2.35. The number of aryl methyl sites for hydroxylation is 2. The van der Waals surface area contributed by atoms with Crippen molar-refractivity contribution in [2.24, 2.45) is 0 Å². The van der Waals surface area contributed by atoms with Crippen LogP contribution in [0.1, 0.15) is 17.1 Å². The summed E-state index contributed by atoms with van der Waals surface area (Å²) in [7, 11) is 0. The molecule has 0 saturated carbocycles. The van der Waals surface area contributed by atoms with Gasteiger partial charge in [0.25, 0.3) is 5.56 Å². The summed E-state index contributed by atoms with van der Waals surface area (Å²) in [6.45, 7) is 4.14. The Morgan fingerprint density at radius 2 is 1.92 bits per heavy atom. The monoisotopic (exact) mass is 397 g/mol. The Bertz CT molecular complexity index is 674. The maximum absolute atomic E-state index is 13.3.